The topological polar surface area (TPSA) is 68.5 Å². The minimum Gasteiger partial charge on any atom is -0.417 e. The van der Waals surface area contributed by atoms with E-state index < -0.39 is 23.2 Å². The van der Waals surface area contributed by atoms with E-state index in [9.17, 15) is 13.2 Å². The lowest BCUT2D eigenvalue weighted by atomic mass is 9.77. The summed E-state index contributed by atoms with van der Waals surface area (Å²) in [5.41, 5.74) is 3.89. The van der Waals surface area contributed by atoms with Crippen molar-refractivity contribution >= 4 is 12.0 Å². The van der Waals surface area contributed by atoms with E-state index in [1.165, 1.54) is 0 Å². The molecule has 4 N–H and O–H groups in total. The van der Waals surface area contributed by atoms with Crippen LogP contribution in [0.2, 0.25) is 0 Å². The zero-order chi connectivity index (χ0) is 18.8. The van der Waals surface area contributed by atoms with Crippen molar-refractivity contribution < 1.29 is 22.1 Å². The molecule has 2 atom stereocenters. The number of rotatable bonds is 4. The summed E-state index contributed by atoms with van der Waals surface area (Å²) in [5.74, 6) is 0.197. The molecular formula is C17H22F3N3O2S. The van der Waals surface area contributed by atoms with Crippen LogP contribution in [-0.4, -0.2) is 31.7 Å². The molecule has 1 aromatic rings. The van der Waals surface area contributed by atoms with Gasteiger partial charge in [-0.05, 0) is 42.6 Å². The van der Waals surface area contributed by atoms with Gasteiger partial charge in [-0.1, -0.05) is 6.07 Å². The summed E-state index contributed by atoms with van der Waals surface area (Å²) in [6, 6.07) is 5.04. The Bertz CT molecular complexity index is 684. The van der Waals surface area contributed by atoms with Gasteiger partial charge >= 0.3 is 5.51 Å². The predicted molar refractivity (Wildman–Crippen MR) is 94.4 cm³/mol. The van der Waals surface area contributed by atoms with Crippen LogP contribution >= 0.6 is 12.0 Å². The van der Waals surface area contributed by atoms with Crippen LogP contribution in [0.5, 0.6) is 5.75 Å². The third-order valence-corrected chi connectivity index (χ3v) is 5.18. The Morgan fingerprint density at radius 1 is 1.50 bits per heavy atom. The van der Waals surface area contributed by atoms with Gasteiger partial charge in [0, 0.05) is 25.4 Å². The van der Waals surface area contributed by atoms with Gasteiger partial charge in [-0.3, -0.25) is 0 Å². The van der Waals surface area contributed by atoms with E-state index in [0.717, 1.165) is 24.1 Å². The van der Waals surface area contributed by atoms with Crippen LogP contribution in [0.1, 0.15) is 24.0 Å². The lowest BCUT2D eigenvalue weighted by Gasteiger charge is -2.45. The Hall–Kier alpha value is -1.58. The summed E-state index contributed by atoms with van der Waals surface area (Å²) in [4.78, 5) is 0. The Labute approximate surface area is 154 Å². The fourth-order valence-corrected chi connectivity index (χ4v) is 3.93. The molecule has 9 heteroatoms. The molecule has 0 amide bonds. The van der Waals surface area contributed by atoms with E-state index in [1.54, 1.807) is 25.4 Å². The van der Waals surface area contributed by atoms with Crippen LogP contribution in [0.25, 0.3) is 0 Å². The fraction of sp³-hybridized carbons (Fsp3) is 0.529. The molecule has 0 bridgehead atoms. The highest BCUT2D eigenvalue weighted by Gasteiger charge is 2.43. The number of nitrogens with two attached hydrogens (primary N) is 1. The highest BCUT2D eigenvalue weighted by atomic mass is 32.2. The number of alkyl halides is 3. The first-order chi connectivity index (χ1) is 12.3. The minimum absolute atomic E-state index is 0.0288. The van der Waals surface area contributed by atoms with E-state index in [-0.39, 0.29) is 11.8 Å². The molecule has 1 aromatic carbocycles. The van der Waals surface area contributed by atoms with Crippen molar-refractivity contribution in [2.75, 3.05) is 20.2 Å². The van der Waals surface area contributed by atoms with Gasteiger partial charge in [-0.2, -0.15) is 13.2 Å². The smallest absolute Gasteiger partial charge is 0.417 e. The van der Waals surface area contributed by atoms with Crippen molar-refractivity contribution in [2.45, 2.75) is 36.4 Å². The first kappa shape index (κ1) is 19.2. The van der Waals surface area contributed by atoms with Crippen LogP contribution in [0.4, 0.5) is 13.2 Å². The number of fused-ring (bicyclic) bond motifs is 2. The van der Waals surface area contributed by atoms with E-state index in [0.29, 0.717) is 25.1 Å². The summed E-state index contributed by atoms with van der Waals surface area (Å²) in [6.45, 7) is 1.26. The number of hydrogen-bond acceptors (Lipinski definition) is 6. The monoisotopic (exact) mass is 389 g/mol. The molecule has 0 aliphatic carbocycles. The summed E-state index contributed by atoms with van der Waals surface area (Å²) in [6.07, 6.45) is 3.85. The van der Waals surface area contributed by atoms with E-state index in [2.05, 4.69) is 10.6 Å². The van der Waals surface area contributed by atoms with Gasteiger partial charge in [-0.15, -0.1) is 0 Å². The van der Waals surface area contributed by atoms with E-state index in [1.807, 2.05) is 6.07 Å². The first-order valence-corrected chi connectivity index (χ1v) is 9.13. The van der Waals surface area contributed by atoms with E-state index >= 15 is 0 Å². The van der Waals surface area contributed by atoms with Crippen molar-refractivity contribution in [1.29, 1.82) is 0 Å². The van der Waals surface area contributed by atoms with Crippen LogP contribution in [0, 0.1) is 0 Å². The molecule has 1 unspecified atom stereocenters. The van der Waals surface area contributed by atoms with Gasteiger partial charge in [0.25, 0.3) is 0 Å². The largest absolute Gasteiger partial charge is 0.479 e. The number of nitrogens with one attached hydrogen (secondary N) is 2. The first-order valence-electron chi connectivity index (χ1n) is 8.39. The summed E-state index contributed by atoms with van der Waals surface area (Å²) in [5, 5.41) is 6.32. The van der Waals surface area contributed by atoms with Gasteiger partial charge in [0.1, 0.15) is 5.75 Å². The molecular weight excluding hydrogens is 367 g/mol. The predicted octanol–water partition coefficient (Wildman–Crippen LogP) is 2.77. The van der Waals surface area contributed by atoms with Crippen molar-refractivity contribution in [3.8, 4) is 5.75 Å². The lowest BCUT2D eigenvalue weighted by Crippen LogP contribution is -2.51. The SMILES string of the molecule is CN/C=C(\N)[C@@H]1CC2(CCN1)OCCc1cc(OSC(F)(F)F)ccc12. The summed E-state index contributed by atoms with van der Waals surface area (Å²) < 4.78 is 48.0. The number of benzene rings is 1. The maximum atomic E-state index is 12.3. The average molecular weight is 389 g/mol. The molecule has 1 spiro atoms. The molecule has 144 valence electrons. The fourth-order valence-electron chi connectivity index (χ4n) is 3.63. The molecule has 0 aromatic heterocycles. The van der Waals surface area contributed by atoms with Crippen molar-refractivity contribution in [2.24, 2.45) is 5.73 Å². The van der Waals surface area contributed by atoms with Crippen molar-refractivity contribution in [3.05, 3.63) is 41.2 Å². The molecule has 5 nitrogen and oxygen atoms in total. The quantitative estimate of drug-likeness (QED) is 0.688. The second-order valence-corrected chi connectivity index (χ2v) is 7.21. The van der Waals surface area contributed by atoms with Gasteiger partial charge in [-0.25, -0.2) is 0 Å². The molecule has 0 saturated carbocycles. The zero-order valence-corrected chi connectivity index (χ0v) is 15.2. The van der Waals surface area contributed by atoms with E-state index in [4.69, 9.17) is 14.7 Å². The summed E-state index contributed by atoms with van der Waals surface area (Å²) in [7, 11) is 1.79. The highest BCUT2D eigenvalue weighted by Crippen LogP contribution is 2.43. The molecule has 3 rings (SSSR count). The van der Waals surface area contributed by atoms with Gasteiger partial charge in [0.2, 0.25) is 0 Å². The van der Waals surface area contributed by atoms with Gasteiger partial charge in [0.15, 0.2) is 12.0 Å². The number of hydrogen-bond donors (Lipinski definition) is 3. The molecule has 2 heterocycles. The summed E-state index contributed by atoms with van der Waals surface area (Å²) >= 11 is -0.498. The Kier molecular flexibility index (Phi) is 5.59. The zero-order valence-electron chi connectivity index (χ0n) is 14.4. The number of piperidine rings is 1. The molecule has 2 aliphatic rings. The third kappa shape index (κ3) is 4.21. The highest BCUT2D eigenvalue weighted by molar-refractivity contribution is 7.95. The van der Waals surface area contributed by atoms with Gasteiger partial charge < -0.3 is 25.3 Å². The van der Waals surface area contributed by atoms with Crippen molar-refractivity contribution in [3.63, 3.8) is 0 Å². The number of halogens is 3. The maximum Gasteiger partial charge on any atom is 0.479 e. The third-order valence-electron chi connectivity index (χ3n) is 4.72. The second-order valence-electron chi connectivity index (χ2n) is 6.42. The maximum absolute atomic E-state index is 12.3. The Morgan fingerprint density at radius 3 is 3.04 bits per heavy atom. The Balaban J connectivity index is 1.83. The molecule has 0 radical (unpaired) electrons. The van der Waals surface area contributed by atoms with Crippen LogP contribution in [0.3, 0.4) is 0 Å². The molecule has 1 fully saturated rings. The van der Waals surface area contributed by atoms with Crippen molar-refractivity contribution in [1.82, 2.24) is 10.6 Å². The van der Waals surface area contributed by atoms with Crippen LogP contribution < -0.4 is 20.6 Å². The molecule has 1 saturated heterocycles. The second kappa shape index (κ2) is 7.58. The lowest BCUT2D eigenvalue weighted by molar-refractivity contribution is -0.0867. The van der Waals surface area contributed by atoms with Crippen LogP contribution in [0.15, 0.2) is 30.1 Å². The number of ether oxygens (including phenoxy) is 1. The standard InChI is InChI=1S/C17H22F3N3O2S/c1-22-10-14(21)15-9-16(5-6-23-15)13-3-2-12(25-26-17(18,19)20)8-11(13)4-7-24-16/h2-3,8,10,15,22-23H,4-7,9,21H2,1H3/b14-10-/t15-,16?/m0/s1. The average Bonchev–Trinajstić information content (AvgIpc) is 2.60. The minimum atomic E-state index is -4.43. The van der Waals surface area contributed by atoms with Gasteiger partial charge in [0.05, 0.1) is 18.2 Å². The Morgan fingerprint density at radius 2 is 2.31 bits per heavy atom. The molecule has 26 heavy (non-hydrogen) atoms. The normalized spacial score (nSPS) is 26.5. The van der Waals surface area contributed by atoms with Crippen LogP contribution in [-0.2, 0) is 16.8 Å². The molecule has 2 aliphatic heterocycles.